The van der Waals surface area contributed by atoms with Gasteiger partial charge in [0, 0.05) is 25.7 Å². The van der Waals surface area contributed by atoms with Crippen LogP contribution in [0, 0.1) is 0 Å². The van der Waals surface area contributed by atoms with Crippen LogP contribution in [0.5, 0.6) is 0 Å². The second-order valence-corrected chi connectivity index (χ2v) is 7.36. The van der Waals surface area contributed by atoms with Crippen molar-refractivity contribution < 1.29 is 5.11 Å². The third kappa shape index (κ3) is 2.26. The minimum atomic E-state index is -0.263. The van der Waals surface area contributed by atoms with Crippen LogP contribution < -0.4 is 4.90 Å². The zero-order valence-electron chi connectivity index (χ0n) is 11.9. The molecule has 1 N–H and O–H groups in total. The molecule has 0 bridgehead atoms. The molecule has 2 unspecified atom stereocenters. The first-order valence-corrected chi connectivity index (χ1v) is 8.79. The molecule has 0 radical (unpaired) electrons. The average Bonchev–Trinajstić information content (AvgIpc) is 2.92. The maximum atomic E-state index is 10.1. The number of piperazine rings is 1. The maximum Gasteiger partial charge on any atom is 0.185 e. The van der Waals surface area contributed by atoms with Crippen LogP contribution in [0.4, 0.5) is 5.13 Å². The van der Waals surface area contributed by atoms with Gasteiger partial charge < -0.3 is 10.0 Å². The van der Waals surface area contributed by atoms with Crippen LogP contribution in [0.25, 0.3) is 0 Å². The van der Waals surface area contributed by atoms with Crippen molar-refractivity contribution in [2.45, 2.75) is 50.7 Å². The molecule has 4 nitrogen and oxygen atoms in total. The summed E-state index contributed by atoms with van der Waals surface area (Å²) in [6, 6.07) is 0.725. The monoisotopic (exact) mass is 293 g/mol. The maximum absolute atomic E-state index is 10.1. The predicted octanol–water partition coefficient (Wildman–Crippen LogP) is 2.19. The van der Waals surface area contributed by atoms with Gasteiger partial charge in [-0.2, -0.15) is 0 Å². The lowest BCUT2D eigenvalue weighted by Gasteiger charge is -2.44. The summed E-state index contributed by atoms with van der Waals surface area (Å²) in [6.45, 7) is 4.69. The van der Waals surface area contributed by atoms with Crippen molar-refractivity contribution in [1.82, 2.24) is 9.88 Å². The third-order valence-electron chi connectivity index (χ3n) is 5.02. The number of aryl methyl sites for hydroxylation is 1. The second kappa shape index (κ2) is 5.28. The van der Waals surface area contributed by atoms with Crippen molar-refractivity contribution >= 4 is 16.5 Å². The Morgan fingerprint density at radius 2 is 2.05 bits per heavy atom. The van der Waals surface area contributed by atoms with Gasteiger partial charge in [0.15, 0.2) is 5.13 Å². The highest BCUT2D eigenvalue weighted by Crippen LogP contribution is 2.38. The minimum Gasteiger partial charge on any atom is -0.388 e. The molecule has 1 aliphatic carbocycles. The summed E-state index contributed by atoms with van der Waals surface area (Å²) >= 11 is 1.74. The van der Waals surface area contributed by atoms with E-state index >= 15 is 0 Å². The number of hydrogen-bond donors (Lipinski definition) is 1. The Bertz CT molecular complexity index is 489. The van der Waals surface area contributed by atoms with Gasteiger partial charge in [-0.15, -0.1) is 0 Å². The number of piperidine rings is 1. The lowest BCUT2D eigenvalue weighted by Crippen LogP contribution is -2.54. The van der Waals surface area contributed by atoms with Gasteiger partial charge in [0.1, 0.15) is 0 Å². The molecule has 2 atom stereocenters. The van der Waals surface area contributed by atoms with E-state index in [-0.39, 0.29) is 6.10 Å². The highest BCUT2D eigenvalue weighted by Gasteiger charge is 2.31. The minimum absolute atomic E-state index is 0.263. The van der Waals surface area contributed by atoms with E-state index in [4.69, 9.17) is 4.98 Å². The molecule has 3 aliphatic rings. The number of aliphatic hydroxyl groups is 1. The number of aliphatic hydroxyl groups excluding tert-OH is 1. The summed E-state index contributed by atoms with van der Waals surface area (Å²) in [6.07, 6.45) is 6.85. The van der Waals surface area contributed by atoms with Crippen LogP contribution in [0.3, 0.4) is 0 Å². The van der Waals surface area contributed by atoms with E-state index in [0.717, 1.165) is 54.1 Å². The van der Waals surface area contributed by atoms with Crippen LogP contribution in [0.1, 0.15) is 48.8 Å². The Hall–Kier alpha value is -0.650. The number of anilines is 1. The Balaban J connectivity index is 1.53. The quantitative estimate of drug-likeness (QED) is 0.861. The molecule has 0 spiro atoms. The molecule has 2 saturated heterocycles. The summed E-state index contributed by atoms with van der Waals surface area (Å²) in [5, 5.41) is 11.3. The van der Waals surface area contributed by atoms with E-state index in [1.807, 2.05) is 0 Å². The molecule has 110 valence electrons. The van der Waals surface area contributed by atoms with Crippen molar-refractivity contribution in [3.63, 3.8) is 0 Å². The average molecular weight is 293 g/mol. The largest absolute Gasteiger partial charge is 0.388 e. The number of aromatic nitrogens is 1. The van der Waals surface area contributed by atoms with E-state index in [0.29, 0.717) is 0 Å². The van der Waals surface area contributed by atoms with E-state index in [2.05, 4.69) is 9.80 Å². The fourth-order valence-electron chi connectivity index (χ4n) is 3.85. The molecule has 0 amide bonds. The van der Waals surface area contributed by atoms with E-state index in [9.17, 15) is 5.11 Å². The first kappa shape index (κ1) is 13.0. The first-order valence-electron chi connectivity index (χ1n) is 7.98. The van der Waals surface area contributed by atoms with Crippen LogP contribution in [-0.2, 0) is 6.42 Å². The van der Waals surface area contributed by atoms with Crippen LogP contribution in [-0.4, -0.2) is 47.2 Å². The summed E-state index contributed by atoms with van der Waals surface area (Å²) < 4.78 is 0. The van der Waals surface area contributed by atoms with Crippen molar-refractivity contribution in [3.05, 3.63) is 10.6 Å². The summed E-state index contributed by atoms with van der Waals surface area (Å²) in [7, 11) is 0. The van der Waals surface area contributed by atoms with Gasteiger partial charge in [-0.05, 0) is 38.6 Å². The van der Waals surface area contributed by atoms with Crippen LogP contribution in [0.15, 0.2) is 0 Å². The highest BCUT2D eigenvalue weighted by molar-refractivity contribution is 7.15. The normalized spacial score (nSPS) is 30.9. The van der Waals surface area contributed by atoms with E-state index < -0.39 is 0 Å². The fourth-order valence-corrected chi connectivity index (χ4v) is 5.02. The molecule has 3 heterocycles. The molecule has 4 rings (SSSR count). The first-order chi connectivity index (χ1) is 9.81. The molecule has 0 saturated carbocycles. The van der Waals surface area contributed by atoms with E-state index in [1.54, 1.807) is 11.3 Å². The topological polar surface area (TPSA) is 39.6 Å². The molecule has 2 fully saturated rings. The van der Waals surface area contributed by atoms with Crippen molar-refractivity contribution in [2.75, 3.05) is 31.1 Å². The molecule has 5 heteroatoms. The van der Waals surface area contributed by atoms with Crippen LogP contribution in [0.2, 0.25) is 0 Å². The van der Waals surface area contributed by atoms with Gasteiger partial charge >= 0.3 is 0 Å². The number of fused-ring (bicyclic) bond motifs is 2. The van der Waals surface area contributed by atoms with Gasteiger partial charge in [-0.1, -0.05) is 17.8 Å². The Morgan fingerprint density at radius 3 is 2.95 bits per heavy atom. The highest BCUT2D eigenvalue weighted by atomic mass is 32.1. The lowest BCUT2D eigenvalue weighted by atomic mass is 10.00. The number of thiazole rings is 1. The van der Waals surface area contributed by atoms with Gasteiger partial charge in [0.2, 0.25) is 0 Å². The molecule has 1 aromatic heterocycles. The fraction of sp³-hybridized carbons (Fsp3) is 0.800. The number of hydrogen-bond acceptors (Lipinski definition) is 5. The summed E-state index contributed by atoms with van der Waals surface area (Å²) in [4.78, 5) is 11.1. The molecule has 0 aromatic carbocycles. The molecule has 20 heavy (non-hydrogen) atoms. The zero-order valence-corrected chi connectivity index (χ0v) is 12.7. The number of nitrogens with zero attached hydrogens (tertiary/aromatic N) is 3. The molecule has 2 aliphatic heterocycles. The summed E-state index contributed by atoms with van der Waals surface area (Å²) in [5.74, 6) is 0. The molecule has 1 aromatic rings. The Kier molecular flexibility index (Phi) is 3.44. The predicted molar refractivity (Wildman–Crippen MR) is 81.4 cm³/mol. The van der Waals surface area contributed by atoms with Gasteiger partial charge in [-0.3, -0.25) is 4.90 Å². The molecular formula is C15H23N3OS. The Morgan fingerprint density at radius 1 is 1.10 bits per heavy atom. The SMILES string of the molecule is OC1CCCc2nc(N3CCN4CCCCC4C3)sc21. The van der Waals surface area contributed by atoms with Crippen molar-refractivity contribution in [3.8, 4) is 0 Å². The molecular weight excluding hydrogens is 270 g/mol. The van der Waals surface area contributed by atoms with Crippen LogP contribution >= 0.6 is 11.3 Å². The Labute approximate surface area is 124 Å². The third-order valence-corrected chi connectivity index (χ3v) is 6.28. The smallest absolute Gasteiger partial charge is 0.185 e. The van der Waals surface area contributed by atoms with Crippen molar-refractivity contribution in [1.29, 1.82) is 0 Å². The summed E-state index contributed by atoms with van der Waals surface area (Å²) in [5.41, 5.74) is 1.16. The van der Waals surface area contributed by atoms with Crippen molar-refractivity contribution in [2.24, 2.45) is 0 Å². The van der Waals surface area contributed by atoms with E-state index in [1.165, 1.54) is 32.4 Å². The van der Waals surface area contributed by atoms with Gasteiger partial charge in [-0.25, -0.2) is 4.98 Å². The lowest BCUT2D eigenvalue weighted by molar-refractivity contribution is 0.133. The number of rotatable bonds is 1. The standard InChI is InChI=1S/C15H23N3OS/c19-13-6-3-5-12-14(13)20-15(16-12)18-9-8-17-7-2-1-4-11(17)10-18/h11,13,19H,1-10H2. The van der Waals surface area contributed by atoms with Gasteiger partial charge in [0.25, 0.3) is 0 Å². The second-order valence-electron chi connectivity index (χ2n) is 6.35. The van der Waals surface area contributed by atoms with Gasteiger partial charge in [0.05, 0.1) is 16.7 Å². The zero-order chi connectivity index (χ0) is 13.5.